The molecule has 0 radical (unpaired) electrons. The first-order valence-corrected chi connectivity index (χ1v) is 11.5. The molecule has 4 aromatic rings. The van der Waals surface area contributed by atoms with E-state index in [1.54, 1.807) is 11.3 Å². The summed E-state index contributed by atoms with van der Waals surface area (Å²) in [6.45, 7) is 2.06. The lowest BCUT2D eigenvalue weighted by Crippen LogP contribution is -2.37. The Balaban J connectivity index is 1.17. The normalized spacial score (nSPS) is 14.6. The summed E-state index contributed by atoms with van der Waals surface area (Å²) in [4.78, 5) is 19.7. The van der Waals surface area contributed by atoms with Crippen LogP contribution in [0.25, 0.3) is 10.2 Å². The highest BCUT2D eigenvalue weighted by atomic mass is 32.1. The molecular weight excluding hydrogens is 404 g/mol. The van der Waals surface area contributed by atoms with Crippen molar-refractivity contribution in [2.45, 2.75) is 25.4 Å². The number of nitrogens with zero attached hydrogens (tertiary/aromatic N) is 2. The van der Waals surface area contributed by atoms with E-state index in [-0.39, 0.29) is 5.91 Å². The van der Waals surface area contributed by atoms with E-state index < -0.39 is 0 Å². The van der Waals surface area contributed by atoms with Crippen molar-refractivity contribution < 1.29 is 9.53 Å². The van der Waals surface area contributed by atoms with E-state index >= 15 is 0 Å². The highest BCUT2D eigenvalue weighted by Gasteiger charge is 2.26. The molecule has 0 spiro atoms. The van der Waals surface area contributed by atoms with Gasteiger partial charge in [0.15, 0.2) is 0 Å². The third-order valence-corrected chi connectivity index (χ3v) is 6.99. The van der Waals surface area contributed by atoms with E-state index in [0.29, 0.717) is 18.1 Å². The Morgan fingerprint density at radius 1 is 0.935 bits per heavy atom. The molecule has 4 nitrogen and oxygen atoms in total. The van der Waals surface area contributed by atoms with Gasteiger partial charge in [-0.25, -0.2) is 4.98 Å². The summed E-state index contributed by atoms with van der Waals surface area (Å²) in [6.07, 6.45) is 1.92. The number of thiazole rings is 1. The van der Waals surface area contributed by atoms with Gasteiger partial charge in [0.1, 0.15) is 12.4 Å². The van der Waals surface area contributed by atoms with Gasteiger partial charge in [-0.05, 0) is 54.8 Å². The first-order valence-electron chi connectivity index (χ1n) is 10.7. The van der Waals surface area contributed by atoms with Crippen molar-refractivity contribution in [2.75, 3.05) is 13.1 Å². The van der Waals surface area contributed by atoms with Crippen molar-refractivity contribution in [1.82, 2.24) is 9.88 Å². The number of rotatable bonds is 5. The Hall–Kier alpha value is -3.18. The molecule has 0 bridgehead atoms. The van der Waals surface area contributed by atoms with Crippen LogP contribution in [0.15, 0.2) is 78.9 Å². The topological polar surface area (TPSA) is 42.4 Å². The van der Waals surface area contributed by atoms with Gasteiger partial charge in [-0.2, -0.15) is 0 Å². The highest BCUT2D eigenvalue weighted by Crippen LogP contribution is 2.34. The third kappa shape index (κ3) is 4.47. The summed E-state index contributed by atoms with van der Waals surface area (Å²) < 4.78 is 7.07. The minimum atomic E-state index is 0.0948. The number of fused-ring (bicyclic) bond motifs is 1. The number of benzene rings is 3. The monoisotopic (exact) mass is 428 g/mol. The maximum atomic E-state index is 12.9. The second kappa shape index (κ2) is 8.90. The zero-order valence-electron chi connectivity index (χ0n) is 17.2. The minimum Gasteiger partial charge on any atom is -0.489 e. The van der Waals surface area contributed by atoms with Crippen LogP contribution < -0.4 is 4.74 Å². The Bertz CT molecular complexity index is 1130. The van der Waals surface area contributed by atoms with Crippen molar-refractivity contribution in [3.8, 4) is 5.75 Å². The van der Waals surface area contributed by atoms with Gasteiger partial charge in [-0.15, -0.1) is 11.3 Å². The maximum absolute atomic E-state index is 12.9. The van der Waals surface area contributed by atoms with Crippen molar-refractivity contribution in [3.05, 3.63) is 95.0 Å². The second-order valence-electron chi connectivity index (χ2n) is 7.88. The molecule has 1 amide bonds. The van der Waals surface area contributed by atoms with E-state index in [1.807, 2.05) is 65.6 Å². The molecule has 3 aromatic carbocycles. The number of piperidine rings is 1. The van der Waals surface area contributed by atoms with E-state index in [1.165, 1.54) is 9.71 Å². The van der Waals surface area contributed by atoms with Crippen LogP contribution in [0.3, 0.4) is 0 Å². The number of hydrogen-bond donors (Lipinski definition) is 0. The van der Waals surface area contributed by atoms with E-state index in [9.17, 15) is 4.79 Å². The Kier molecular flexibility index (Phi) is 5.67. The van der Waals surface area contributed by atoms with Crippen molar-refractivity contribution in [3.63, 3.8) is 0 Å². The van der Waals surface area contributed by atoms with Crippen LogP contribution in [-0.2, 0) is 6.61 Å². The van der Waals surface area contributed by atoms with Gasteiger partial charge in [0.25, 0.3) is 5.91 Å². The van der Waals surface area contributed by atoms with Crippen LogP contribution in [-0.4, -0.2) is 28.9 Å². The maximum Gasteiger partial charge on any atom is 0.253 e. The van der Waals surface area contributed by atoms with Crippen LogP contribution in [0.1, 0.15) is 39.7 Å². The summed E-state index contributed by atoms with van der Waals surface area (Å²) in [5.74, 6) is 1.31. The molecule has 1 fully saturated rings. The molecule has 5 heteroatoms. The average molecular weight is 429 g/mol. The van der Waals surface area contributed by atoms with Gasteiger partial charge >= 0.3 is 0 Å². The van der Waals surface area contributed by atoms with Crippen molar-refractivity contribution in [1.29, 1.82) is 0 Å². The first-order chi connectivity index (χ1) is 15.3. The Morgan fingerprint density at radius 3 is 2.39 bits per heavy atom. The molecule has 1 aliphatic heterocycles. The van der Waals surface area contributed by atoms with Crippen LogP contribution in [0.4, 0.5) is 0 Å². The zero-order valence-corrected chi connectivity index (χ0v) is 18.1. The molecule has 1 aromatic heterocycles. The van der Waals surface area contributed by atoms with Gasteiger partial charge in [-0.3, -0.25) is 4.79 Å². The fourth-order valence-corrected chi connectivity index (χ4v) is 5.15. The van der Waals surface area contributed by atoms with Crippen LogP contribution in [0.5, 0.6) is 5.75 Å². The van der Waals surface area contributed by atoms with E-state index in [4.69, 9.17) is 9.72 Å². The zero-order chi connectivity index (χ0) is 21.0. The lowest BCUT2D eigenvalue weighted by atomic mass is 9.97. The van der Waals surface area contributed by atoms with Crippen molar-refractivity contribution in [2.24, 2.45) is 0 Å². The van der Waals surface area contributed by atoms with E-state index in [0.717, 1.165) is 42.8 Å². The molecular formula is C26H24N2O2S. The lowest BCUT2D eigenvalue weighted by molar-refractivity contribution is 0.0713. The molecule has 1 saturated heterocycles. The summed E-state index contributed by atoms with van der Waals surface area (Å²) in [7, 11) is 0. The number of carbonyl (C=O) groups excluding carboxylic acids is 1. The number of para-hydroxylation sites is 1. The smallest absolute Gasteiger partial charge is 0.253 e. The van der Waals surface area contributed by atoms with Crippen molar-refractivity contribution >= 4 is 27.5 Å². The molecule has 0 unspecified atom stereocenters. The highest BCUT2D eigenvalue weighted by molar-refractivity contribution is 7.18. The van der Waals surface area contributed by atoms with Gasteiger partial charge in [0.2, 0.25) is 0 Å². The molecule has 0 N–H and O–H groups in total. The molecule has 0 aliphatic carbocycles. The van der Waals surface area contributed by atoms with Gasteiger partial charge in [-0.1, -0.05) is 42.5 Å². The van der Waals surface area contributed by atoms with Crippen LogP contribution >= 0.6 is 11.3 Å². The lowest BCUT2D eigenvalue weighted by Gasteiger charge is -2.31. The quantitative estimate of drug-likeness (QED) is 0.398. The largest absolute Gasteiger partial charge is 0.489 e. The van der Waals surface area contributed by atoms with Gasteiger partial charge in [0, 0.05) is 24.6 Å². The van der Waals surface area contributed by atoms with Gasteiger partial charge < -0.3 is 9.64 Å². The molecule has 5 rings (SSSR count). The number of carbonyl (C=O) groups is 1. The second-order valence-corrected chi connectivity index (χ2v) is 8.95. The Labute approximate surface area is 186 Å². The first kappa shape index (κ1) is 19.8. The third-order valence-electron chi connectivity index (χ3n) is 5.79. The number of aromatic nitrogens is 1. The number of hydrogen-bond acceptors (Lipinski definition) is 4. The predicted molar refractivity (Wildman–Crippen MR) is 125 cm³/mol. The van der Waals surface area contributed by atoms with Crippen LogP contribution in [0, 0.1) is 0 Å². The molecule has 0 atom stereocenters. The molecule has 2 heterocycles. The summed E-state index contributed by atoms with van der Waals surface area (Å²) in [6, 6.07) is 25.8. The van der Waals surface area contributed by atoms with Gasteiger partial charge in [0.05, 0.1) is 15.2 Å². The molecule has 156 valence electrons. The fourth-order valence-electron chi connectivity index (χ4n) is 4.01. The summed E-state index contributed by atoms with van der Waals surface area (Å²) in [5.41, 5.74) is 2.92. The summed E-state index contributed by atoms with van der Waals surface area (Å²) in [5, 5.41) is 1.20. The number of amides is 1. The van der Waals surface area contributed by atoms with Crippen LogP contribution in [0.2, 0.25) is 0 Å². The Morgan fingerprint density at radius 2 is 1.65 bits per heavy atom. The summed E-state index contributed by atoms with van der Waals surface area (Å²) >= 11 is 1.79. The SMILES string of the molecule is O=C(c1ccc(OCc2ccccc2)cc1)N1CCC(c2nc3ccccc3s2)CC1. The minimum absolute atomic E-state index is 0.0948. The standard InChI is InChI=1S/C26H24N2O2S/c29-26(21-10-12-22(13-11-21)30-18-19-6-2-1-3-7-19)28-16-14-20(15-17-28)25-27-23-8-4-5-9-24(23)31-25/h1-13,20H,14-18H2. The number of likely N-dealkylation sites (tertiary alicyclic amines) is 1. The average Bonchev–Trinajstić information content (AvgIpc) is 3.28. The molecule has 31 heavy (non-hydrogen) atoms. The molecule has 0 saturated carbocycles. The van der Waals surface area contributed by atoms with E-state index in [2.05, 4.69) is 18.2 Å². The fraction of sp³-hybridized carbons (Fsp3) is 0.231. The predicted octanol–water partition coefficient (Wildman–Crippen LogP) is 5.90. The molecule has 1 aliphatic rings. The number of ether oxygens (including phenoxy) is 1.